The third-order valence-corrected chi connectivity index (χ3v) is 11.4. The second kappa shape index (κ2) is 16.5. The first-order valence-corrected chi connectivity index (χ1v) is 18.3. The lowest BCUT2D eigenvalue weighted by Crippen LogP contribution is -2.53. The summed E-state index contributed by atoms with van der Waals surface area (Å²) in [6.07, 6.45) is 11.7. The maximum atomic E-state index is 14.0. The SMILES string of the molecule is CCCCN1C(=O)C(CNC(=O)c2cc(C3CCC(CN(C)C)CC3)cc(N(C)C3CCC(NC(C)=O)CC3)c2C)C(C)CC1C. The van der Waals surface area contributed by atoms with Crippen molar-refractivity contribution in [2.45, 2.75) is 129 Å². The molecule has 0 spiro atoms. The first-order valence-electron chi connectivity index (χ1n) is 18.3. The van der Waals surface area contributed by atoms with Crippen LogP contribution in [0.4, 0.5) is 5.69 Å². The van der Waals surface area contributed by atoms with Crippen LogP contribution in [0.1, 0.15) is 126 Å². The minimum atomic E-state index is -0.187. The Labute approximate surface area is 279 Å². The van der Waals surface area contributed by atoms with E-state index >= 15 is 0 Å². The molecule has 1 saturated heterocycles. The van der Waals surface area contributed by atoms with Crippen LogP contribution < -0.4 is 15.5 Å². The number of rotatable bonds is 12. The zero-order chi connectivity index (χ0) is 33.5. The number of nitrogens with one attached hydrogen (secondary N) is 2. The summed E-state index contributed by atoms with van der Waals surface area (Å²) < 4.78 is 0. The van der Waals surface area contributed by atoms with Gasteiger partial charge in [-0.3, -0.25) is 14.4 Å². The molecule has 258 valence electrons. The predicted octanol–water partition coefficient (Wildman–Crippen LogP) is 6.12. The molecule has 0 aromatic heterocycles. The van der Waals surface area contributed by atoms with Gasteiger partial charge in [0.1, 0.15) is 0 Å². The number of carbonyl (C=O) groups excluding carboxylic acids is 3. The van der Waals surface area contributed by atoms with Crippen molar-refractivity contribution in [3.05, 3.63) is 28.8 Å². The van der Waals surface area contributed by atoms with Crippen LogP contribution in [0.25, 0.3) is 0 Å². The van der Waals surface area contributed by atoms with E-state index in [1.807, 2.05) is 4.90 Å². The number of piperidine rings is 1. The van der Waals surface area contributed by atoms with Gasteiger partial charge < -0.3 is 25.3 Å². The zero-order valence-corrected chi connectivity index (χ0v) is 30.2. The van der Waals surface area contributed by atoms with E-state index in [1.54, 1.807) is 6.92 Å². The number of nitrogens with zero attached hydrogens (tertiary/aromatic N) is 3. The number of unbranched alkanes of at least 4 members (excludes halogenated alkanes) is 1. The monoisotopic (exact) mass is 637 g/mol. The van der Waals surface area contributed by atoms with Gasteiger partial charge >= 0.3 is 0 Å². The Morgan fingerprint density at radius 3 is 2.26 bits per heavy atom. The first kappa shape index (κ1) is 36.2. The first-order chi connectivity index (χ1) is 21.9. The van der Waals surface area contributed by atoms with Gasteiger partial charge in [0.2, 0.25) is 11.8 Å². The van der Waals surface area contributed by atoms with Gasteiger partial charge in [0.25, 0.3) is 5.91 Å². The molecule has 8 heteroatoms. The van der Waals surface area contributed by atoms with E-state index in [2.05, 4.69) is 81.4 Å². The summed E-state index contributed by atoms with van der Waals surface area (Å²) >= 11 is 0. The molecule has 1 aromatic carbocycles. The molecular weight excluding hydrogens is 574 g/mol. The molecular formula is C38H63N5O3. The molecule has 0 radical (unpaired) electrons. The van der Waals surface area contributed by atoms with Crippen molar-refractivity contribution in [3.63, 3.8) is 0 Å². The van der Waals surface area contributed by atoms with Crippen LogP contribution in [0.3, 0.4) is 0 Å². The zero-order valence-electron chi connectivity index (χ0n) is 30.2. The minimum absolute atomic E-state index is 0.0452. The number of hydrogen-bond donors (Lipinski definition) is 2. The molecule has 4 rings (SSSR count). The van der Waals surface area contributed by atoms with Gasteiger partial charge in [-0.1, -0.05) is 20.3 Å². The van der Waals surface area contributed by atoms with Gasteiger partial charge in [-0.15, -0.1) is 0 Å². The second-order valence-electron chi connectivity index (χ2n) is 15.3. The quantitative estimate of drug-likeness (QED) is 0.289. The standard InChI is InChI=1S/C38H63N5O3/c1-9-10-19-43-26(3)20-25(2)35(38(43)46)23-39-37(45)34-21-31(30-13-11-29(12-14-30)24-41(6)7)22-36(27(34)4)42(8)33-17-15-32(16-18-33)40-28(5)44/h21-22,25-26,29-30,32-33,35H,9-20,23-24H2,1-8H3,(H,39,45)(H,40,44). The summed E-state index contributed by atoms with van der Waals surface area (Å²) in [6.45, 7) is 12.5. The van der Waals surface area contributed by atoms with Crippen LogP contribution >= 0.6 is 0 Å². The Kier molecular flexibility index (Phi) is 13.0. The van der Waals surface area contributed by atoms with Gasteiger partial charge in [0.15, 0.2) is 0 Å². The van der Waals surface area contributed by atoms with Gasteiger partial charge in [-0.2, -0.15) is 0 Å². The van der Waals surface area contributed by atoms with Gasteiger partial charge in [-0.05, 0) is 133 Å². The number of carbonyl (C=O) groups is 3. The van der Waals surface area contributed by atoms with E-state index in [9.17, 15) is 14.4 Å². The van der Waals surface area contributed by atoms with Crippen LogP contribution in [0, 0.1) is 24.7 Å². The highest BCUT2D eigenvalue weighted by atomic mass is 16.2. The molecule has 8 nitrogen and oxygen atoms in total. The summed E-state index contributed by atoms with van der Waals surface area (Å²) in [5.74, 6) is 1.40. The van der Waals surface area contributed by atoms with Gasteiger partial charge in [0.05, 0.1) is 5.92 Å². The fourth-order valence-corrected chi connectivity index (χ4v) is 8.59. The molecule has 2 N–H and O–H groups in total. The predicted molar refractivity (Wildman–Crippen MR) is 188 cm³/mol. The van der Waals surface area contributed by atoms with Crippen LogP contribution in [-0.4, -0.2) is 86.4 Å². The minimum Gasteiger partial charge on any atom is -0.371 e. The van der Waals surface area contributed by atoms with E-state index in [0.29, 0.717) is 18.5 Å². The van der Waals surface area contributed by atoms with E-state index in [-0.39, 0.29) is 41.6 Å². The Balaban J connectivity index is 1.55. The summed E-state index contributed by atoms with van der Waals surface area (Å²) in [7, 11) is 6.50. The lowest BCUT2D eigenvalue weighted by Gasteiger charge is -2.41. The van der Waals surface area contributed by atoms with Crippen LogP contribution in [-0.2, 0) is 9.59 Å². The highest BCUT2D eigenvalue weighted by molar-refractivity contribution is 5.98. The van der Waals surface area contributed by atoms with E-state index in [1.165, 1.54) is 18.4 Å². The highest BCUT2D eigenvalue weighted by Gasteiger charge is 2.38. The molecule has 2 saturated carbocycles. The van der Waals surface area contributed by atoms with Crippen LogP contribution in [0.5, 0.6) is 0 Å². The highest BCUT2D eigenvalue weighted by Crippen LogP contribution is 2.40. The van der Waals surface area contributed by atoms with Crippen molar-refractivity contribution < 1.29 is 14.4 Å². The number of benzene rings is 1. The van der Waals surface area contributed by atoms with Crippen molar-refractivity contribution in [3.8, 4) is 0 Å². The number of amides is 3. The summed E-state index contributed by atoms with van der Waals surface area (Å²) in [5, 5.41) is 6.35. The Hall–Kier alpha value is -2.61. The second-order valence-corrected chi connectivity index (χ2v) is 15.3. The van der Waals surface area contributed by atoms with Gasteiger partial charge in [-0.25, -0.2) is 0 Å². The topological polar surface area (TPSA) is 85.0 Å². The fraction of sp³-hybridized carbons (Fsp3) is 0.763. The molecule has 1 aliphatic heterocycles. The van der Waals surface area contributed by atoms with E-state index < -0.39 is 0 Å². The molecule has 3 amide bonds. The molecule has 3 unspecified atom stereocenters. The molecule has 3 aliphatic rings. The fourth-order valence-electron chi connectivity index (χ4n) is 8.59. The summed E-state index contributed by atoms with van der Waals surface area (Å²) in [6, 6.07) is 5.39. The van der Waals surface area contributed by atoms with Crippen molar-refractivity contribution in [2.24, 2.45) is 17.8 Å². The third kappa shape index (κ3) is 9.05. The molecule has 3 fully saturated rings. The van der Waals surface area contributed by atoms with E-state index in [4.69, 9.17) is 0 Å². The molecule has 3 atom stereocenters. The Morgan fingerprint density at radius 1 is 0.978 bits per heavy atom. The van der Waals surface area contributed by atoms with Gasteiger partial charge in [0, 0.05) is 63.0 Å². The smallest absolute Gasteiger partial charge is 0.251 e. The lowest BCUT2D eigenvalue weighted by atomic mass is 9.77. The summed E-state index contributed by atoms with van der Waals surface area (Å²) in [5.41, 5.74) is 4.17. The Morgan fingerprint density at radius 2 is 1.65 bits per heavy atom. The number of likely N-dealkylation sites (tertiary alicyclic amines) is 1. The largest absolute Gasteiger partial charge is 0.371 e. The van der Waals surface area contributed by atoms with Crippen molar-refractivity contribution in [1.29, 1.82) is 0 Å². The molecule has 46 heavy (non-hydrogen) atoms. The third-order valence-electron chi connectivity index (χ3n) is 11.4. The maximum Gasteiger partial charge on any atom is 0.251 e. The molecule has 0 bridgehead atoms. The normalized spacial score (nSPS) is 28.7. The van der Waals surface area contributed by atoms with Crippen molar-refractivity contribution in [2.75, 3.05) is 45.7 Å². The average Bonchev–Trinajstić information content (AvgIpc) is 3.00. The van der Waals surface area contributed by atoms with Crippen LogP contribution in [0.2, 0.25) is 0 Å². The van der Waals surface area contributed by atoms with E-state index in [0.717, 1.165) is 93.6 Å². The van der Waals surface area contributed by atoms with Crippen LogP contribution in [0.15, 0.2) is 12.1 Å². The Bertz CT molecular complexity index is 1190. The molecule has 2 aliphatic carbocycles. The summed E-state index contributed by atoms with van der Waals surface area (Å²) in [4.78, 5) is 46.0. The average molecular weight is 638 g/mol. The maximum absolute atomic E-state index is 14.0. The van der Waals surface area contributed by atoms with Crippen molar-refractivity contribution in [1.82, 2.24) is 20.4 Å². The number of anilines is 1. The number of hydrogen-bond acceptors (Lipinski definition) is 5. The lowest BCUT2D eigenvalue weighted by molar-refractivity contribution is -0.144. The molecule has 1 aromatic rings. The molecule has 1 heterocycles. The van der Waals surface area contributed by atoms with Crippen molar-refractivity contribution >= 4 is 23.4 Å².